The fraction of sp³-hybridized carbons (Fsp3) is 0.250. The first-order valence-corrected chi connectivity index (χ1v) is 3.65. The van der Waals surface area contributed by atoms with Gasteiger partial charge in [0.2, 0.25) is 5.88 Å². The highest BCUT2D eigenvalue weighted by molar-refractivity contribution is 5.94. The minimum atomic E-state index is -0.130. The number of carbonyl (C=O) groups excluding carboxylic acids is 1. The van der Waals surface area contributed by atoms with E-state index < -0.39 is 0 Å². The summed E-state index contributed by atoms with van der Waals surface area (Å²) in [6.07, 6.45) is 1.70. The van der Waals surface area contributed by atoms with Gasteiger partial charge in [-0.05, 0) is 18.6 Å². The average Bonchev–Trinajstić information content (AvgIpc) is 2.03. The molecule has 0 saturated heterocycles. The lowest BCUT2D eigenvalue weighted by atomic mass is 10.3. The first-order valence-electron chi connectivity index (χ1n) is 3.65. The van der Waals surface area contributed by atoms with Crippen LogP contribution in [0.3, 0.4) is 0 Å². The molecule has 0 radical (unpaired) electrons. The number of ether oxygens (including phenoxy) is 1. The zero-order valence-corrected chi connectivity index (χ0v) is 6.63. The highest BCUT2D eigenvalue weighted by Crippen LogP contribution is 2.24. The summed E-state index contributed by atoms with van der Waals surface area (Å²) in [5.74, 6) is 0.370. The van der Waals surface area contributed by atoms with Gasteiger partial charge in [0.1, 0.15) is 5.69 Å². The molecule has 0 saturated carbocycles. The van der Waals surface area contributed by atoms with E-state index in [-0.39, 0.29) is 13.9 Å². The van der Waals surface area contributed by atoms with Gasteiger partial charge in [-0.2, -0.15) is 0 Å². The number of aromatic nitrogens is 1. The molecule has 2 rings (SSSR count). The van der Waals surface area contributed by atoms with Crippen molar-refractivity contribution in [2.45, 2.75) is 6.92 Å². The Bertz CT molecular complexity index is 341. The van der Waals surface area contributed by atoms with Crippen LogP contribution in [0.2, 0.25) is 0 Å². The number of amides is 1. The van der Waals surface area contributed by atoms with Crippen LogP contribution in [0.5, 0.6) is 5.88 Å². The first-order chi connectivity index (χ1) is 5.75. The van der Waals surface area contributed by atoms with Gasteiger partial charge in [0.15, 0.2) is 6.61 Å². The van der Waals surface area contributed by atoms with E-state index in [2.05, 4.69) is 10.3 Å². The molecule has 64 valence electrons. The van der Waals surface area contributed by atoms with Crippen LogP contribution in [0.1, 0.15) is 6.99 Å². The Morgan fingerprint density at radius 3 is 3.42 bits per heavy atom. The predicted molar refractivity (Wildman–Crippen MR) is 45.2 cm³/mol. The third kappa shape index (κ3) is 1.11. The van der Waals surface area contributed by atoms with E-state index in [9.17, 15) is 4.79 Å². The van der Waals surface area contributed by atoms with E-state index in [0.717, 1.165) is 5.56 Å². The molecule has 0 aromatic carbocycles. The molecule has 0 spiro atoms. The van der Waals surface area contributed by atoms with Crippen molar-refractivity contribution < 1.29 is 11.0 Å². The number of carbonyl (C=O) groups is 1. The fourth-order valence-corrected chi connectivity index (χ4v) is 1.08. The number of nitrogens with zero attached hydrogens (tertiary/aromatic N) is 1. The highest BCUT2D eigenvalue weighted by Gasteiger charge is 2.16. The molecule has 1 aliphatic rings. The number of rotatable bonds is 0. The van der Waals surface area contributed by atoms with Gasteiger partial charge in [0.05, 0.1) is 0 Å². The van der Waals surface area contributed by atoms with Gasteiger partial charge in [0.25, 0.3) is 5.91 Å². The predicted octanol–water partition coefficient (Wildman–Crippen LogP) is 0.967. The smallest absolute Gasteiger partial charge is 0.262 e. The van der Waals surface area contributed by atoms with Gasteiger partial charge < -0.3 is 10.1 Å². The minimum absolute atomic E-state index is 0. The number of nitrogens with one attached hydrogen (secondary N) is 1. The van der Waals surface area contributed by atoms with Crippen molar-refractivity contribution in [2.24, 2.45) is 0 Å². The van der Waals surface area contributed by atoms with E-state index in [1.54, 1.807) is 6.20 Å². The largest absolute Gasteiger partial charge is 0.466 e. The maximum Gasteiger partial charge on any atom is 0.262 e. The van der Waals surface area contributed by atoms with Crippen LogP contribution in [0.4, 0.5) is 5.69 Å². The topological polar surface area (TPSA) is 51.2 Å². The monoisotopic (exact) mass is 166 g/mol. The van der Waals surface area contributed by atoms with Gasteiger partial charge in [-0.3, -0.25) is 4.79 Å². The summed E-state index contributed by atoms with van der Waals surface area (Å²) in [5.41, 5.74) is 1.66. The normalized spacial score (nSPS) is 14.6. The standard InChI is InChI=1S/C8H8N2O2.H2/c1-5-2-6-8(9-3-5)12-4-7(11)10-6;/h2-3H,4H2,1H3,(H,10,11);1H. The lowest BCUT2D eigenvalue weighted by Gasteiger charge is -2.16. The van der Waals surface area contributed by atoms with Crippen LogP contribution in [-0.4, -0.2) is 17.5 Å². The fourth-order valence-electron chi connectivity index (χ4n) is 1.08. The highest BCUT2D eigenvalue weighted by atomic mass is 16.5. The average molecular weight is 166 g/mol. The SMILES string of the molecule is Cc1cnc2c(c1)NC(=O)CO2.[HH]. The molecule has 12 heavy (non-hydrogen) atoms. The second-order valence-electron chi connectivity index (χ2n) is 2.70. The molecular weight excluding hydrogens is 156 g/mol. The van der Waals surface area contributed by atoms with Crippen LogP contribution in [0.25, 0.3) is 0 Å². The van der Waals surface area contributed by atoms with Crippen LogP contribution in [0.15, 0.2) is 12.3 Å². The second-order valence-corrected chi connectivity index (χ2v) is 2.70. The Labute approximate surface area is 71.0 Å². The Hall–Kier alpha value is -1.58. The molecule has 0 unspecified atom stereocenters. The maximum absolute atomic E-state index is 10.9. The molecule has 2 heterocycles. The molecule has 4 heteroatoms. The number of hydrogen-bond donors (Lipinski definition) is 1. The molecule has 1 aromatic heterocycles. The van der Waals surface area contributed by atoms with Crippen LogP contribution >= 0.6 is 0 Å². The van der Waals surface area contributed by atoms with Crippen molar-refractivity contribution in [2.75, 3.05) is 11.9 Å². The molecule has 0 bridgehead atoms. The molecule has 0 aliphatic carbocycles. The molecule has 1 N–H and O–H groups in total. The van der Waals surface area contributed by atoms with E-state index in [1.165, 1.54) is 0 Å². The number of pyridine rings is 1. The van der Waals surface area contributed by atoms with Crippen LogP contribution in [0, 0.1) is 6.92 Å². The third-order valence-corrected chi connectivity index (χ3v) is 1.60. The summed E-state index contributed by atoms with van der Waals surface area (Å²) in [4.78, 5) is 14.9. The Kier molecular flexibility index (Phi) is 1.46. The van der Waals surface area contributed by atoms with Gasteiger partial charge in [-0.25, -0.2) is 4.98 Å². The molecule has 1 aromatic rings. The first kappa shape index (κ1) is 7.09. The zero-order chi connectivity index (χ0) is 8.55. The summed E-state index contributed by atoms with van der Waals surface area (Å²) in [7, 11) is 0. The lowest BCUT2D eigenvalue weighted by Crippen LogP contribution is -2.25. The summed E-state index contributed by atoms with van der Waals surface area (Å²) >= 11 is 0. The van der Waals surface area contributed by atoms with Gasteiger partial charge in [-0.15, -0.1) is 0 Å². The lowest BCUT2D eigenvalue weighted by molar-refractivity contribution is -0.118. The van der Waals surface area contributed by atoms with Gasteiger partial charge in [-0.1, -0.05) is 0 Å². The Morgan fingerprint density at radius 2 is 2.58 bits per heavy atom. The van der Waals surface area contributed by atoms with Crippen molar-refractivity contribution in [1.82, 2.24) is 4.98 Å². The molecule has 1 amide bonds. The Balaban J connectivity index is 0.000000845. The van der Waals surface area contributed by atoms with Crippen LogP contribution in [-0.2, 0) is 4.79 Å². The van der Waals surface area contributed by atoms with Crippen LogP contribution < -0.4 is 10.1 Å². The summed E-state index contributed by atoms with van der Waals surface area (Å²) in [6.45, 7) is 1.97. The number of anilines is 1. The summed E-state index contributed by atoms with van der Waals surface area (Å²) in [6, 6.07) is 1.83. The van der Waals surface area contributed by atoms with Gasteiger partial charge >= 0.3 is 0 Å². The van der Waals surface area contributed by atoms with Crippen molar-refractivity contribution in [3.63, 3.8) is 0 Å². The zero-order valence-electron chi connectivity index (χ0n) is 6.63. The van der Waals surface area contributed by atoms with E-state index >= 15 is 0 Å². The molecule has 1 aliphatic heterocycles. The summed E-state index contributed by atoms with van der Waals surface area (Å²) < 4.78 is 5.07. The van der Waals surface area contributed by atoms with E-state index in [4.69, 9.17) is 4.74 Å². The van der Waals surface area contributed by atoms with E-state index in [0.29, 0.717) is 11.6 Å². The third-order valence-electron chi connectivity index (χ3n) is 1.60. The van der Waals surface area contributed by atoms with Crippen molar-refractivity contribution in [3.05, 3.63) is 17.8 Å². The van der Waals surface area contributed by atoms with E-state index in [1.807, 2.05) is 13.0 Å². The molecule has 0 fully saturated rings. The minimum Gasteiger partial charge on any atom is -0.466 e. The number of hydrogen-bond acceptors (Lipinski definition) is 3. The maximum atomic E-state index is 10.9. The van der Waals surface area contributed by atoms with Gasteiger partial charge in [0, 0.05) is 7.62 Å². The quantitative estimate of drug-likeness (QED) is 0.624. The molecular formula is C8H10N2O2. The number of aryl methyl sites for hydroxylation is 1. The van der Waals surface area contributed by atoms with Crippen molar-refractivity contribution >= 4 is 11.6 Å². The van der Waals surface area contributed by atoms with Crippen molar-refractivity contribution in [1.29, 1.82) is 0 Å². The molecule has 0 atom stereocenters. The number of fused-ring (bicyclic) bond motifs is 1. The van der Waals surface area contributed by atoms with Crippen molar-refractivity contribution in [3.8, 4) is 5.88 Å². The Morgan fingerprint density at radius 1 is 1.75 bits per heavy atom. The summed E-state index contributed by atoms with van der Waals surface area (Å²) in [5, 5.41) is 2.67. The second kappa shape index (κ2) is 2.48. The molecule has 4 nitrogen and oxygen atoms in total.